The maximum absolute atomic E-state index is 14.5. The van der Waals surface area contributed by atoms with E-state index in [0.29, 0.717) is 30.5 Å². The summed E-state index contributed by atoms with van der Waals surface area (Å²) in [4.78, 5) is 13.2. The van der Waals surface area contributed by atoms with E-state index in [1.165, 1.54) is 24.5 Å². The standard InChI is InChI=1S/C22H28Cl2NO5PS/c1-22(2,3)19-12-17(20(32-19)21(26)27)25(13-14-7-9-30-10-8-14)31(28,29-4)18-6-5-15(23)11-16(18)24/h5-6,11-12,14H,7-10,13H2,1-4H3,(H,26,27). The summed E-state index contributed by atoms with van der Waals surface area (Å²) in [6.45, 7) is 7.63. The van der Waals surface area contributed by atoms with Crippen LogP contribution in [0.1, 0.15) is 48.2 Å². The Morgan fingerprint density at radius 1 is 1.28 bits per heavy atom. The number of thiophene rings is 1. The number of hydrogen-bond acceptors (Lipinski definition) is 5. The molecular weight excluding hydrogens is 492 g/mol. The molecule has 1 atom stereocenters. The van der Waals surface area contributed by atoms with Crippen molar-refractivity contribution < 1.29 is 23.7 Å². The predicted octanol–water partition coefficient (Wildman–Crippen LogP) is 6.45. The molecule has 0 spiro atoms. The second-order valence-corrected chi connectivity index (χ2v) is 13.1. The molecule has 1 aromatic heterocycles. The fourth-order valence-corrected chi connectivity index (χ4v) is 7.65. The van der Waals surface area contributed by atoms with Crippen LogP contribution >= 0.6 is 42.1 Å². The van der Waals surface area contributed by atoms with E-state index >= 15 is 0 Å². The van der Waals surface area contributed by atoms with Crippen LogP contribution < -0.4 is 9.97 Å². The lowest BCUT2D eigenvalue weighted by Gasteiger charge is -2.36. The first-order valence-corrected chi connectivity index (χ1v) is 13.5. The van der Waals surface area contributed by atoms with Crippen LogP contribution in [-0.2, 0) is 19.2 Å². The highest BCUT2D eigenvalue weighted by atomic mass is 35.5. The molecule has 32 heavy (non-hydrogen) atoms. The molecule has 1 aliphatic rings. The number of hydrogen-bond donors (Lipinski definition) is 1. The van der Waals surface area contributed by atoms with Gasteiger partial charge in [0.2, 0.25) is 0 Å². The van der Waals surface area contributed by atoms with Crippen LogP contribution in [-0.4, -0.2) is 37.9 Å². The summed E-state index contributed by atoms with van der Waals surface area (Å²) < 4.78 is 27.2. The van der Waals surface area contributed by atoms with E-state index in [9.17, 15) is 14.5 Å². The van der Waals surface area contributed by atoms with Crippen molar-refractivity contribution >= 4 is 59.0 Å². The van der Waals surface area contributed by atoms with E-state index in [1.807, 2.05) is 26.8 Å². The molecule has 2 heterocycles. The highest BCUT2D eigenvalue weighted by molar-refractivity contribution is 7.68. The van der Waals surface area contributed by atoms with Gasteiger partial charge in [-0.05, 0) is 48.4 Å². The van der Waals surface area contributed by atoms with Crippen LogP contribution in [0.4, 0.5) is 5.69 Å². The molecule has 0 aliphatic carbocycles. The molecule has 1 aliphatic heterocycles. The molecule has 0 bridgehead atoms. The topological polar surface area (TPSA) is 76.1 Å². The molecule has 0 saturated carbocycles. The lowest BCUT2D eigenvalue weighted by molar-refractivity contribution is 0.0683. The normalized spacial score (nSPS) is 17.2. The van der Waals surface area contributed by atoms with Crippen molar-refractivity contribution in [2.75, 3.05) is 31.5 Å². The summed E-state index contributed by atoms with van der Waals surface area (Å²) in [5.41, 5.74) is 0.113. The van der Waals surface area contributed by atoms with Crippen molar-refractivity contribution in [3.05, 3.63) is 44.1 Å². The van der Waals surface area contributed by atoms with Gasteiger partial charge in [-0.2, -0.15) is 0 Å². The van der Waals surface area contributed by atoms with Crippen molar-refractivity contribution in [1.82, 2.24) is 0 Å². The first-order chi connectivity index (χ1) is 15.0. The molecule has 3 rings (SSSR count). The Labute approximate surface area is 202 Å². The third kappa shape index (κ3) is 5.35. The van der Waals surface area contributed by atoms with Gasteiger partial charge in [-0.15, -0.1) is 11.3 Å². The lowest BCUT2D eigenvalue weighted by atomic mass is 9.94. The number of halogens is 2. The maximum atomic E-state index is 14.5. The van der Waals surface area contributed by atoms with Gasteiger partial charge in [0.25, 0.3) is 0 Å². The fraction of sp³-hybridized carbons (Fsp3) is 0.500. The van der Waals surface area contributed by atoms with E-state index in [4.69, 9.17) is 32.5 Å². The second kappa shape index (κ2) is 10.0. The van der Waals surface area contributed by atoms with E-state index < -0.39 is 13.5 Å². The Hall–Kier alpha value is -1.08. The van der Waals surface area contributed by atoms with E-state index in [2.05, 4.69) is 0 Å². The molecule has 1 aromatic carbocycles. The van der Waals surface area contributed by atoms with Gasteiger partial charge in [-0.3, -0.25) is 9.24 Å². The molecule has 1 unspecified atom stereocenters. The molecule has 1 N–H and O–H groups in total. The van der Waals surface area contributed by atoms with Gasteiger partial charge in [-0.1, -0.05) is 44.0 Å². The Morgan fingerprint density at radius 3 is 2.47 bits per heavy atom. The summed E-state index contributed by atoms with van der Waals surface area (Å²) in [5, 5.41) is 10.9. The monoisotopic (exact) mass is 519 g/mol. The Bertz CT molecular complexity index is 1030. The van der Waals surface area contributed by atoms with Gasteiger partial charge < -0.3 is 14.4 Å². The average Bonchev–Trinajstić information content (AvgIpc) is 3.18. The summed E-state index contributed by atoms with van der Waals surface area (Å²) in [7, 11) is -2.41. The molecular formula is C22H28Cl2NO5PS. The smallest absolute Gasteiger partial charge is 0.348 e. The van der Waals surface area contributed by atoms with Gasteiger partial charge in [0, 0.05) is 36.8 Å². The average molecular weight is 520 g/mol. The summed E-state index contributed by atoms with van der Waals surface area (Å²) in [6, 6.07) is 6.53. The minimum absolute atomic E-state index is 0.129. The van der Waals surface area contributed by atoms with Crippen molar-refractivity contribution in [1.29, 1.82) is 0 Å². The molecule has 2 aromatic rings. The molecule has 1 saturated heterocycles. The molecule has 0 amide bonds. The first kappa shape index (κ1) is 25.5. The third-order valence-electron chi connectivity index (χ3n) is 5.48. The number of carboxylic acid groups (broad SMARTS) is 1. The highest BCUT2D eigenvalue weighted by Gasteiger charge is 2.40. The number of anilines is 1. The van der Waals surface area contributed by atoms with Crippen LogP contribution in [0.3, 0.4) is 0 Å². The van der Waals surface area contributed by atoms with Crippen LogP contribution in [0.5, 0.6) is 0 Å². The Kier molecular flexibility index (Phi) is 8.01. The van der Waals surface area contributed by atoms with Crippen molar-refractivity contribution in [2.45, 2.75) is 39.0 Å². The number of ether oxygens (including phenoxy) is 1. The van der Waals surface area contributed by atoms with Gasteiger partial charge in [-0.25, -0.2) is 4.79 Å². The zero-order valence-corrected chi connectivity index (χ0v) is 21.8. The first-order valence-electron chi connectivity index (χ1n) is 10.3. The van der Waals surface area contributed by atoms with Gasteiger partial charge >= 0.3 is 13.5 Å². The highest BCUT2D eigenvalue weighted by Crippen LogP contribution is 2.56. The molecule has 10 heteroatoms. The largest absolute Gasteiger partial charge is 0.477 e. The Morgan fingerprint density at radius 2 is 1.94 bits per heavy atom. The summed E-state index contributed by atoms with van der Waals surface area (Å²) in [5.74, 6) is -0.903. The van der Waals surface area contributed by atoms with E-state index in [0.717, 1.165) is 17.7 Å². The van der Waals surface area contributed by atoms with E-state index in [1.54, 1.807) is 16.8 Å². The molecule has 176 valence electrons. The number of carbonyl (C=O) groups is 1. The fourth-order valence-electron chi connectivity index (χ4n) is 3.65. The molecule has 6 nitrogen and oxygen atoms in total. The minimum atomic E-state index is -3.77. The third-order valence-corrected chi connectivity index (χ3v) is 10.2. The number of carboxylic acids is 1. The number of nitrogens with zero attached hydrogens (tertiary/aromatic N) is 1. The van der Waals surface area contributed by atoms with Gasteiger partial charge in [0.1, 0.15) is 4.88 Å². The summed E-state index contributed by atoms with van der Waals surface area (Å²) >= 11 is 13.7. The second-order valence-electron chi connectivity index (χ2n) is 8.82. The Balaban J connectivity index is 2.21. The van der Waals surface area contributed by atoms with Gasteiger partial charge in [0.05, 0.1) is 16.0 Å². The predicted molar refractivity (Wildman–Crippen MR) is 132 cm³/mol. The number of benzene rings is 1. The summed E-state index contributed by atoms with van der Waals surface area (Å²) in [6.07, 6.45) is 1.57. The van der Waals surface area contributed by atoms with E-state index in [-0.39, 0.29) is 26.5 Å². The lowest BCUT2D eigenvalue weighted by Crippen LogP contribution is -2.34. The van der Waals surface area contributed by atoms with Crippen LogP contribution in [0.2, 0.25) is 10.0 Å². The molecule has 0 radical (unpaired) electrons. The SMILES string of the molecule is COP(=O)(c1ccc(Cl)cc1Cl)N(CC1CCOCC1)c1cc(C(C)(C)C)sc1C(=O)O. The maximum Gasteiger partial charge on any atom is 0.348 e. The number of aromatic carboxylic acids is 1. The zero-order chi connectivity index (χ0) is 23.7. The van der Waals surface area contributed by atoms with Crippen LogP contribution in [0.15, 0.2) is 24.3 Å². The van der Waals surface area contributed by atoms with Crippen molar-refractivity contribution in [2.24, 2.45) is 5.92 Å². The zero-order valence-electron chi connectivity index (χ0n) is 18.6. The van der Waals surface area contributed by atoms with Gasteiger partial charge in [0.15, 0.2) is 0 Å². The minimum Gasteiger partial charge on any atom is -0.477 e. The van der Waals surface area contributed by atoms with Crippen LogP contribution in [0, 0.1) is 5.92 Å². The molecule has 1 fully saturated rings. The van der Waals surface area contributed by atoms with Crippen molar-refractivity contribution in [3.8, 4) is 0 Å². The van der Waals surface area contributed by atoms with Crippen molar-refractivity contribution in [3.63, 3.8) is 0 Å². The van der Waals surface area contributed by atoms with Crippen LogP contribution in [0.25, 0.3) is 0 Å². The quantitative estimate of drug-likeness (QED) is 0.423. The number of rotatable bonds is 7.